The van der Waals surface area contributed by atoms with Gasteiger partial charge in [0.05, 0.1) is 11.7 Å². The third-order valence-electron chi connectivity index (χ3n) is 5.68. The second-order valence-corrected chi connectivity index (χ2v) is 7.90. The van der Waals surface area contributed by atoms with E-state index in [9.17, 15) is 5.11 Å². The molecule has 3 aromatic heterocycles. The number of anilines is 1. The van der Waals surface area contributed by atoms with Crippen molar-refractivity contribution in [1.29, 1.82) is 0 Å². The van der Waals surface area contributed by atoms with Gasteiger partial charge in [0.2, 0.25) is 5.88 Å². The molecule has 2 aromatic carbocycles. The molecule has 0 saturated carbocycles. The van der Waals surface area contributed by atoms with Crippen LogP contribution in [0.1, 0.15) is 12.0 Å². The second-order valence-electron chi connectivity index (χ2n) is 7.90. The fraction of sp³-hybridized carbons (Fsp3) is 0.160. The van der Waals surface area contributed by atoms with Gasteiger partial charge in [-0.1, -0.05) is 30.3 Å². The first-order valence-corrected chi connectivity index (χ1v) is 10.8. The fourth-order valence-corrected chi connectivity index (χ4v) is 3.75. The van der Waals surface area contributed by atoms with Crippen molar-refractivity contribution < 1.29 is 14.6 Å². The van der Waals surface area contributed by atoms with E-state index in [-0.39, 0.29) is 17.2 Å². The van der Waals surface area contributed by atoms with Crippen LogP contribution in [-0.4, -0.2) is 45.9 Å². The van der Waals surface area contributed by atoms with Gasteiger partial charge >= 0.3 is 0 Å². The highest BCUT2D eigenvalue weighted by atomic mass is 16.6. The number of ether oxygens (including phenoxy) is 2. The lowest BCUT2D eigenvalue weighted by Gasteiger charge is -2.13. The normalized spacial score (nSPS) is 12.3. The van der Waals surface area contributed by atoms with E-state index in [0.717, 1.165) is 27.6 Å². The Hall–Kier alpha value is -3.95. The maximum atomic E-state index is 9.56. The van der Waals surface area contributed by atoms with Crippen molar-refractivity contribution in [3.63, 3.8) is 0 Å². The number of nitrogens with two attached hydrogens (primary N) is 1. The lowest BCUT2D eigenvalue weighted by atomic mass is 9.98. The highest BCUT2D eigenvalue weighted by Crippen LogP contribution is 2.29. The van der Waals surface area contributed by atoms with Crippen LogP contribution in [0.3, 0.4) is 0 Å². The minimum absolute atomic E-state index is 0.197. The van der Waals surface area contributed by atoms with Gasteiger partial charge in [-0.05, 0) is 36.2 Å². The summed E-state index contributed by atoms with van der Waals surface area (Å²) >= 11 is 0. The molecular weight excluding hydrogens is 429 g/mol. The molecule has 3 heterocycles. The fourth-order valence-electron chi connectivity index (χ4n) is 3.75. The molecule has 0 bridgehead atoms. The molecule has 5 aromatic rings. The van der Waals surface area contributed by atoms with E-state index in [1.165, 1.54) is 11.6 Å². The number of nitrogens with zero attached hydrogens (tertiary/aromatic N) is 4. The zero-order valence-corrected chi connectivity index (χ0v) is 18.5. The molecule has 3 N–H and O–H groups in total. The number of rotatable bonds is 7. The Labute approximate surface area is 197 Å². The summed E-state index contributed by atoms with van der Waals surface area (Å²) in [7, 11) is 7.69. The van der Waals surface area contributed by atoms with Crippen LogP contribution >= 0.6 is 0 Å². The SMILES string of the molecule is [B]c1c(Oc2ccc(CCC(O)OC)cc2)nc2c(-c3cnc4ccccc4c3)cnn2c1N. The number of methoxy groups -OCH3 is 1. The summed E-state index contributed by atoms with van der Waals surface area (Å²) in [5, 5.41) is 14.9. The van der Waals surface area contributed by atoms with Gasteiger partial charge in [-0.3, -0.25) is 4.98 Å². The average Bonchev–Trinajstić information content (AvgIpc) is 3.30. The maximum Gasteiger partial charge on any atom is 0.217 e. The summed E-state index contributed by atoms with van der Waals surface area (Å²) < 4.78 is 12.4. The number of benzene rings is 2. The molecule has 8 nitrogen and oxygen atoms in total. The number of hydrogen-bond acceptors (Lipinski definition) is 7. The Morgan fingerprint density at radius 1 is 1.12 bits per heavy atom. The van der Waals surface area contributed by atoms with Crippen LogP contribution in [0, 0.1) is 0 Å². The first-order chi connectivity index (χ1) is 16.5. The van der Waals surface area contributed by atoms with Crippen molar-refractivity contribution in [2.45, 2.75) is 19.1 Å². The molecule has 9 heteroatoms. The lowest BCUT2D eigenvalue weighted by molar-refractivity contribution is -0.0777. The Morgan fingerprint density at radius 2 is 1.91 bits per heavy atom. The van der Waals surface area contributed by atoms with Crippen molar-refractivity contribution in [2.24, 2.45) is 0 Å². The van der Waals surface area contributed by atoms with E-state index in [1.54, 1.807) is 12.4 Å². The summed E-state index contributed by atoms with van der Waals surface area (Å²) in [5.41, 5.74) is 10.6. The standard InChI is InChI=1S/C25H22BN5O3/c1-33-21(32)11-8-15-6-9-18(10-7-15)34-25-22(26)23(27)31-24(30-25)19(14-29-31)17-12-16-4-2-3-5-20(16)28-13-17/h2-7,9-10,12-14,21,32H,8,11,27H2,1H3. The van der Waals surface area contributed by atoms with Gasteiger partial charge in [-0.15, -0.1) is 0 Å². The molecule has 0 fully saturated rings. The minimum atomic E-state index is -0.780. The third kappa shape index (κ3) is 4.18. The number of para-hydroxylation sites is 1. The highest BCUT2D eigenvalue weighted by molar-refractivity contribution is 6.37. The molecule has 0 saturated heterocycles. The predicted molar refractivity (Wildman–Crippen MR) is 131 cm³/mol. The Morgan fingerprint density at radius 3 is 2.71 bits per heavy atom. The molecule has 2 radical (unpaired) electrons. The van der Waals surface area contributed by atoms with Gasteiger partial charge in [-0.2, -0.15) is 14.6 Å². The monoisotopic (exact) mass is 451 g/mol. The maximum absolute atomic E-state index is 9.56. The summed E-state index contributed by atoms with van der Waals surface area (Å²) in [6, 6.07) is 17.4. The van der Waals surface area contributed by atoms with Gasteiger partial charge in [-0.25, -0.2) is 0 Å². The Bertz CT molecular complexity index is 1470. The molecule has 34 heavy (non-hydrogen) atoms. The van der Waals surface area contributed by atoms with Crippen molar-refractivity contribution >= 4 is 35.7 Å². The van der Waals surface area contributed by atoms with Crippen molar-refractivity contribution in [3.05, 3.63) is 72.6 Å². The number of aromatic nitrogens is 4. The second kappa shape index (κ2) is 9.13. The number of aryl methyl sites for hydroxylation is 1. The zero-order valence-electron chi connectivity index (χ0n) is 18.5. The van der Waals surface area contributed by atoms with Crippen LogP contribution in [0.5, 0.6) is 11.6 Å². The van der Waals surface area contributed by atoms with Crippen molar-refractivity contribution in [1.82, 2.24) is 19.6 Å². The third-order valence-corrected chi connectivity index (χ3v) is 5.68. The van der Waals surface area contributed by atoms with Gasteiger partial charge < -0.3 is 20.3 Å². The molecule has 168 valence electrons. The number of aliphatic hydroxyl groups is 1. The van der Waals surface area contributed by atoms with Crippen LogP contribution in [0.4, 0.5) is 5.82 Å². The lowest BCUT2D eigenvalue weighted by Crippen LogP contribution is -2.19. The molecule has 0 aliphatic rings. The first kappa shape index (κ1) is 21.9. The molecular formula is C25H22BN5O3. The van der Waals surface area contributed by atoms with Crippen molar-refractivity contribution in [3.8, 4) is 22.8 Å². The van der Waals surface area contributed by atoms with Gasteiger partial charge in [0, 0.05) is 41.7 Å². The van der Waals surface area contributed by atoms with E-state index in [2.05, 4.69) is 15.1 Å². The van der Waals surface area contributed by atoms with Crippen LogP contribution < -0.4 is 15.9 Å². The average molecular weight is 451 g/mol. The van der Waals surface area contributed by atoms with E-state index in [1.807, 2.05) is 54.6 Å². The largest absolute Gasteiger partial charge is 0.439 e. The molecule has 0 spiro atoms. The summed E-state index contributed by atoms with van der Waals surface area (Å²) in [6.07, 6.45) is 3.88. The van der Waals surface area contributed by atoms with Gasteiger partial charge in [0.15, 0.2) is 11.9 Å². The van der Waals surface area contributed by atoms with Crippen LogP contribution in [0.15, 0.2) is 67.0 Å². The number of nitrogen functional groups attached to an aromatic ring is 1. The molecule has 0 aliphatic carbocycles. The first-order valence-electron chi connectivity index (χ1n) is 10.8. The summed E-state index contributed by atoms with van der Waals surface area (Å²) in [6.45, 7) is 0. The zero-order chi connectivity index (χ0) is 23.7. The topological polar surface area (TPSA) is 108 Å². The summed E-state index contributed by atoms with van der Waals surface area (Å²) in [4.78, 5) is 9.17. The molecule has 5 rings (SSSR count). The molecule has 1 unspecified atom stereocenters. The quantitative estimate of drug-likeness (QED) is 0.289. The van der Waals surface area contributed by atoms with Crippen LogP contribution in [0.2, 0.25) is 0 Å². The van der Waals surface area contributed by atoms with E-state index in [4.69, 9.17) is 23.1 Å². The Kier molecular flexibility index (Phi) is 5.87. The van der Waals surface area contributed by atoms with Crippen LogP contribution in [-0.2, 0) is 11.2 Å². The molecule has 0 aliphatic heterocycles. The number of aliphatic hydroxyl groups excluding tert-OH is 1. The minimum Gasteiger partial charge on any atom is -0.439 e. The highest BCUT2D eigenvalue weighted by Gasteiger charge is 2.17. The number of pyridine rings is 1. The molecule has 0 amide bonds. The Balaban J connectivity index is 1.47. The van der Waals surface area contributed by atoms with Crippen LogP contribution in [0.25, 0.3) is 27.7 Å². The molecule has 1 atom stereocenters. The van der Waals surface area contributed by atoms with Gasteiger partial charge in [0.25, 0.3) is 0 Å². The number of fused-ring (bicyclic) bond motifs is 2. The summed E-state index contributed by atoms with van der Waals surface area (Å²) in [5.74, 6) is 1.00. The van der Waals surface area contributed by atoms with E-state index >= 15 is 0 Å². The van der Waals surface area contributed by atoms with Gasteiger partial charge in [0.1, 0.15) is 19.4 Å². The van der Waals surface area contributed by atoms with E-state index < -0.39 is 6.29 Å². The van der Waals surface area contributed by atoms with E-state index in [0.29, 0.717) is 24.2 Å². The number of hydrogen-bond donors (Lipinski definition) is 2. The smallest absolute Gasteiger partial charge is 0.217 e. The van der Waals surface area contributed by atoms with Crippen molar-refractivity contribution in [2.75, 3.05) is 12.8 Å². The predicted octanol–water partition coefficient (Wildman–Crippen LogP) is 3.01.